The minimum atomic E-state index is -1.12. The lowest BCUT2D eigenvalue weighted by atomic mass is 9.48. The maximum Gasteiger partial charge on any atom is 0.159 e. The standard InChI is InChI=1S/C26H38FN3O2/c1-24(32)11-12-26(27)17(13-24)5-6-18-19-7-8-21(25(19,2)10-9-20(18)26)23(31)15-30-28-14-22(29-30)16-3-4-16/h14,16-21,32H,3-13,15H2,1-2H3/t17-,18+,19+,20?,21-,24-,25+,26-/m1/s1. The van der Waals surface area contributed by atoms with Crippen molar-refractivity contribution in [3.63, 3.8) is 0 Å². The van der Waals surface area contributed by atoms with E-state index in [1.54, 1.807) is 4.80 Å². The number of carbonyl (C=O) groups excluding carboxylic acids is 1. The molecule has 5 aliphatic rings. The highest BCUT2D eigenvalue weighted by molar-refractivity contribution is 5.82. The van der Waals surface area contributed by atoms with E-state index in [0.717, 1.165) is 44.2 Å². The largest absolute Gasteiger partial charge is 0.390 e. The first-order valence-electron chi connectivity index (χ1n) is 13.0. The van der Waals surface area contributed by atoms with Crippen LogP contribution in [0.2, 0.25) is 0 Å². The van der Waals surface area contributed by atoms with E-state index in [-0.39, 0.29) is 35.5 Å². The number of hydrogen-bond acceptors (Lipinski definition) is 4. The van der Waals surface area contributed by atoms with Crippen LogP contribution in [0.5, 0.6) is 0 Å². The highest BCUT2D eigenvalue weighted by Gasteiger charge is 2.63. The number of Topliss-reactive ketones (excluding diaryl/α,β-unsaturated/α-hetero) is 1. The van der Waals surface area contributed by atoms with E-state index >= 15 is 4.39 Å². The number of halogens is 1. The van der Waals surface area contributed by atoms with Crippen LogP contribution in [0.4, 0.5) is 4.39 Å². The zero-order chi connectivity index (χ0) is 22.3. The first-order chi connectivity index (χ1) is 15.2. The third kappa shape index (κ3) is 3.22. The van der Waals surface area contributed by atoms with Gasteiger partial charge in [-0.3, -0.25) is 4.79 Å². The predicted octanol–water partition coefficient (Wildman–Crippen LogP) is 4.84. The van der Waals surface area contributed by atoms with E-state index < -0.39 is 11.3 Å². The van der Waals surface area contributed by atoms with Gasteiger partial charge in [-0.2, -0.15) is 15.0 Å². The molecule has 32 heavy (non-hydrogen) atoms. The summed E-state index contributed by atoms with van der Waals surface area (Å²) in [5.74, 6) is 1.81. The van der Waals surface area contributed by atoms with Crippen LogP contribution >= 0.6 is 0 Å². The monoisotopic (exact) mass is 443 g/mol. The molecule has 1 aromatic heterocycles. The van der Waals surface area contributed by atoms with Gasteiger partial charge >= 0.3 is 0 Å². The van der Waals surface area contributed by atoms with Crippen molar-refractivity contribution in [1.82, 2.24) is 15.0 Å². The van der Waals surface area contributed by atoms with Crippen molar-refractivity contribution in [2.24, 2.45) is 35.0 Å². The summed E-state index contributed by atoms with van der Waals surface area (Å²) in [7, 11) is 0. The van der Waals surface area contributed by atoms with Gasteiger partial charge in [0.05, 0.1) is 17.5 Å². The Balaban J connectivity index is 1.18. The van der Waals surface area contributed by atoms with Gasteiger partial charge in [-0.1, -0.05) is 6.92 Å². The molecule has 176 valence electrons. The van der Waals surface area contributed by atoms with Gasteiger partial charge < -0.3 is 5.11 Å². The van der Waals surface area contributed by atoms with Crippen molar-refractivity contribution in [2.45, 2.75) is 108 Å². The minimum Gasteiger partial charge on any atom is -0.390 e. The molecule has 0 bridgehead atoms. The van der Waals surface area contributed by atoms with Gasteiger partial charge in [-0.15, -0.1) is 0 Å². The highest BCUT2D eigenvalue weighted by atomic mass is 19.1. The smallest absolute Gasteiger partial charge is 0.159 e. The average Bonchev–Trinajstić information content (AvgIpc) is 3.38. The molecule has 1 heterocycles. The minimum absolute atomic E-state index is 0.00208. The fourth-order valence-electron chi connectivity index (χ4n) is 8.71. The van der Waals surface area contributed by atoms with E-state index in [1.165, 1.54) is 12.8 Å². The van der Waals surface area contributed by atoms with E-state index in [2.05, 4.69) is 17.1 Å². The lowest BCUT2D eigenvalue weighted by Gasteiger charge is -2.59. The lowest BCUT2D eigenvalue weighted by Crippen LogP contribution is -2.58. The molecule has 6 heteroatoms. The number of carbonyl (C=O) groups is 1. The number of nitrogens with zero attached hydrogens (tertiary/aromatic N) is 3. The van der Waals surface area contributed by atoms with E-state index in [4.69, 9.17) is 0 Å². The van der Waals surface area contributed by atoms with Gasteiger partial charge in [0.25, 0.3) is 0 Å². The van der Waals surface area contributed by atoms with Crippen molar-refractivity contribution in [2.75, 3.05) is 0 Å². The molecule has 0 spiro atoms. The third-order valence-electron chi connectivity index (χ3n) is 10.5. The quantitative estimate of drug-likeness (QED) is 0.723. The maximum atomic E-state index is 16.5. The molecule has 5 fully saturated rings. The summed E-state index contributed by atoms with van der Waals surface area (Å²) in [6, 6.07) is 0. The lowest BCUT2D eigenvalue weighted by molar-refractivity contribution is -0.166. The van der Waals surface area contributed by atoms with Crippen LogP contribution in [0.3, 0.4) is 0 Å². The molecule has 5 nitrogen and oxygen atoms in total. The zero-order valence-electron chi connectivity index (χ0n) is 19.6. The van der Waals surface area contributed by atoms with Crippen molar-refractivity contribution >= 4 is 5.78 Å². The molecule has 8 atom stereocenters. The molecule has 5 aliphatic carbocycles. The molecular weight excluding hydrogens is 405 g/mol. The number of ketones is 1. The Morgan fingerprint density at radius 2 is 1.91 bits per heavy atom. The zero-order valence-corrected chi connectivity index (χ0v) is 19.6. The van der Waals surface area contributed by atoms with Crippen molar-refractivity contribution in [3.8, 4) is 0 Å². The second-order valence-electron chi connectivity index (χ2n) is 12.5. The van der Waals surface area contributed by atoms with Gasteiger partial charge in [0.1, 0.15) is 12.2 Å². The molecule has 0 aliphatic heterocycles. The Morgan fingerprint density at radius 3 is 2.69 bits per heavy atom. The fraction of sp³-hybridized carbons (Fsp3) is 0.885. The van der Waals surface area contributed by atoms with Crippen LogP contribution in [0.1, 0.15) is 96.1 Å². The van der Waals surface area contributed by atoms with Crippen LogP contribution < -0.4 is 0 Å². The number of hydrogen-bond donors (Lipinski definition) is 1. The SMILES string of the molecule is C[C@@]1(O)CC[C@]2(F)C3CC[C@]4(C)[C@@H](C(=O)Cn5ncc(C6CC6)n5)CC[C@H]4[C@@H]3CC[C@@H]2C1. The van der Waals surface area contributed by atoms with Crippen LogP contribution in [0.15, 0.2) is 6.20 Å². The number of aliphatic hydroxyl groups is 1. The molecule has 0 aromatic carbocycles. The maximum absolute atomic E-state index is 16.5. The van der Waals surface area contributed by atoms with Gasteiger partial charge in [0.15, 0.2) is 5.78 Å². The van der Waals surface area contributed by atoms with Crippen LogP contribution in [0.25, 0.3) is 0 Å². The molecule has 1 unspecified atom stereocenters. The molecule has 0 saturated heterocycles. The number of rotatable bonds is 4. The molecule has 1 aromatic rings. The number of aromatic nitrogens is 3. The summed E-state index contributed by atoms with van der Waals surface area (Å²) in [6.07, 6.45) is 11.7. The summed E-state index contributed by atoms with van der Waals surface area (Å²) in [5.41, 5.74) is -0.813. The molecule has 5 saturated carbocycles. The Kier molecular flexibility index (Phi) is 4.71. The molecule has 1 N–H and O–H groups in total. The molecular formula is C26H38FN3O2. The highest BCUT2D eigenvalue weighted by Crippen LogP contribution is 2.66. The van der Waals surface area contributed by atoms with Crippen molar-refractivity contribution in [3.05, 3.63) is 11.9 Å². The fourth-order valence-corrected chi connectivity index (χ4v) is 8.71. The Bertz CT molecular complexity index is 911. The van der Waals surface area contributed by atoms with Crippen LogP contribution in [0, 0.1) is 35.0 Å². The predicted molar refractivity (Wildman–Crippen MR) is 119 cm³/mol. The molecule has 0 amide bonds. The summed E-state index contributed by atoms with van der Waals surface area (Å²) in [6.45, 7) is 4.47. The first-order valence-corrected chi connectivity index (χ1v) is 13.0. The summed E-state index contributed by atoms with van der Waals surface area (Å²) < 4.78 is 16.5. The normalized spacial score (nSPS) is 48.1. The Morgan fingerprint density at radius 1 is 1.09 bits per heavy atom. The van der Waals surface area contributed by atoms with E-state index in [1.807, 2.05) is 13.1 Å². The van der Waals surface area contributed by atoms with Crippen LogP contribution in [-0.4, -0.2) is 37.2 Å². The molecule has 0 radical (unpaired) electrons. The van der Waals surface area contributed by atoms with Gasteiger partial charge in [-0.25, -0.2) is 4.39 Å². The van der Waals surface area contributed by atoms with Gasteiger partial charge in [0.2, 0.25) is 0 Å². The van der Waals surface area contributed by atoms with Gasteiger partial charge in [-0.05, 0) is 107 Å². The van der Waals surface area contributed by atoms with E-state index in [0.29, 0.717) is 37.0 Å². The Labute approximate surface area is 190 Å². The van der Waals surface area contributed by atoms with Crippen LogP contribution in [-0.2, 0) is 11.3 Å². The first kappa shape index (κ1) is 21.2. The van der Waals surface area contributed by atoms with Crippen molar-refractivity contribution < 1.29 is 14.3 Å². The van der Waals surface area contributed by atoms with Gasteiger partial charge in [0, 0.05) is 11.8 Å². The summed E-state index contributed by atoms with van der Waals surface area (Å²) >= 11 is 0. The number of fused-ring (bicyclic) bond motifs is 5. The molecule has 6 rings (SSSR count). The van der Waals surface area contributed by atoms with Crippen molar-refractivity contribution in [1.29, 1.82) is 0 Å². The topological polar surface area (TPSA) is 68.0 Å². The average molecular weight is 444 g/mol. The summed E-state index contributed by atoms with van der Waals surface area (Å²) in [4.78, 5) is 15.0. The Hall–Kier alpha value is -1.30. The number of alkyl halides is 1. The second-order valence-corrected chi connectivity index (χ2v) is 12.5. The van der Waals surface area contributed by atoms with E-state index in [9.17, 15) is 9.90 Å². The third-order valence-corrected chi connectivity index (χ3v) is 10.5. The summed E-state index contributed by atoms with van der Waals surface area (Å²) in [5, 5.41) is 19.5. The second kappa shape index (κ2) is 7.10.